The normalized spacial score (nSPS) is 26.1. The Morgan fingerprint density at radius 1 is 1.54 bits per heavy atom. The lowest BCUT2D eigenvalue weighted by Gasteiger charge is -2.21. The summed E-state index contributed by atoms with van der Waals surface area (Å²) < 4.78 is 24.1. The first-order valence-electron chi connectivity index (χ1n) is 9.05. The van der Waals surface area contributed by atoms with E-state index < -0.39 is 26.1 Å². The van der Waals surface area contributed by atoms with Gasteiger partial charge in [-0.2, -0.15) is 4.98 Å². The average molecular weight is 413 g/mol. The summed E-state index contributed by atoms with van der Waals surface area (Å²) in [4.78, 5) is 44.4. The number of rotatable bonds is 6. The third kappa shape index (κ3) is 3.88. The Morgan fingerprint density at radius 3 is 2.86 bits per heavy atom. The lowest BCUT2D eigenvalue weighted by atomic mass is 9.99. The quantitative estimate of drug-likeness (QED) is 0.602. The molecule has 0 spiro atoms. The van der Waals surface area contributed by atoms with Crippen molar-refractivity contribution in [3.05, 3.63) is 16.7 Å². The molecule has 1 fully saturated rings. The highest BCUT2D eigenvalue weighted by molar-refractivity contribution is 7.32. The summed E-state index contributed by atoms with van der Waals surface area (Å²) in [5, 5.41) is 2.55. The fraction of sp³-hybridized carbons (Fsp3) is 0.625. The van der Waals surface area contributed by atoms with Crippen molar-refractivity contribution in [2.45, 2.75) is 52.6 Å². The van der Waals surface area contributed by atoms with E-state index in [9.17, 15) is 19.0 Å². The maximum absolute atomic E-state index is 12.3. The van der Waals surface area contributed by atoms with Gasteiger partial charge in [-0.05, 0) is 6.42 Å². The number of anilines is 1. The Hall–Kier alpha value is -2.07. The largest absolute Gasteiger partial charge is 0.352 e. The Balaban J connectivity index is 2.04. The molecule has 5 atom stereocenters. The monoisotopic (exact) mass is 413 g/mol. The number of carbonyl (C=O) groups excluding carboxylic acids is 1. The second-order valence-electron chi connectivity index (χ2n) is 7.06. The molecule has 0 aromatic carbocycles. The van der Waals surface area contributed by atoms with E-state index in [1.807, 2.05) is 13.8 Å². The molecular weight excluding hydrogens is 389 g/mol. The van der Waals surface area contributed by atoms with E-state index in [1.54, 1.807) is 13.8 Å². The van der Waals surface area contributed by atoms with Gasteiger partial charge in [0.1, 0.15) is 6.10 Å². The minimum atomic E-state index is -3.21. The number of carbonyl (C=O) groups is 1. The molecule has 3 N–H and O–H groups in total. The first-order valence-corrected chi connectivity index (χ1v) is 10.3. The van der Waals surface area contributed by atoms with Crippen LogP contribution in [0.25, 0.3) is 11.2 Å². The Bertz CT molecular complexity index is 957. The third-order valence-electron chi connectivity index (χ3n) is 4.81. The van der Waals surface area contributed by atoms with Gasteiger partial charge in [-0.3, -0.25) is 29.0 Å². The number of hydrogen-bond acceptors (Lipinski definition) is 7. The maximum atomic E-state index is 12.3. The van der Waals surface area contributed by atoms with Crippen molar-refractivity contribution >= 4 is 31.3 Å². The van der Waals surface area contributed by atoms with Crippen molar-refractivity contribution < 1.29 is 23.5 Å². The highest BCUT2D eigenvalue weighted by atomic mass is 31.1. The molecule has 11 nitrogen and oxygen atoms in total. The van der Waals surface area contributed by atoms with E-state index in [-0.39, 0.29) is 41.0 Å². The zero-order valence-corrected chi connectivity index (χ0v) is 17.0. The van der Waals surface area contributed by atoms with Gasteiger partial charge in [-0.25, -0.2) is 4.98 Å². The minimum Gasteiger partial charge on any atom is -0.352 e. The van der Waals surface area contributed by atoms with Crippen molar-refractivity contribution in [2.24, 2.45) is 11.8 Å². The van der Waals surface area contributed by atoms with E-state index in [2.05, 4.69) is 20.3 Å². The van der Waals surface area contributed by atoms with Crippen molar-refractivity contribution in [3.63, 3.8) is 0 Å². The average Bonchev–Trinajstić information content (AvgIpc) is 3.16. The molecule has 2 aromatic rings. The molecular formula is C16H24N5O6P. The summed E-state index contributed by atoms with van der Waals surface area (Å²) in [6.45, 7) is 7.25. The fourth-order valence-electron chi connectivity index (χ4n) is 3.26. The molecule has 1 saturated heterocycles. The van der Waals surface area contributed by atoms with Crippen LogP contribution in [0.1, 0.15) is 40.3 Å². The minimum absolute atomic E-state index is 0.00996. The molecule has 2 aromatic heterocycles. The van der Waals surface area contributed by atoms with Crippen LogP contribution in [0.3, 0.4) is 0 Å². The summed E-state index contributed by atoms with van der Waals surface area (Å²) in [6, 6.07) is 0. The van der Waals surface area contributed by atoms with E-state index in [0.717, 1.165) is 0 Å². The molecule has 5 unspecified atom stereocenters. The van der Waals surface area contributed by atoms with Gasteiger partial charge < -0.3 is 14.2 Å². The fourth-order valence-corrected chi connectivity index (χ4v) is 3.82. The summed E-state index contributed by atoms with van der Waals surface area (Å²) >= 11 is 0. The van der Waals surface area contributed by atoms with Crippen LogP contribution in [0.15, 0.2) is 11.1 Å². The summed E-state index contributed by atoms with van der Waals surface area (Å²) in [7, 11) is -3.21. The second kappa shape index (κ2) is 8.12. The predicted molar refractivity (Wildman–Crippen MR) is 101 cm³/mol. The molecule has 0 radical (unpaired) electrons. The number of ether oxygens (including phenoxy) is 1. The molecule has 28 heavy (non-hydrogen) atoms. The zero-order valence-electron chi connectivity index (χ0n) is 16.0. The number of aromatic amines is 1. The van der Waals surface area contributed by atoms with E-state index >= 15 is 0 Å². The number of nitrogens with one attached hydrogen (secondary N) is 2. The molecule has 1 aliphatic rings. The first-order chi connectivity index (χ1) is 13.2. The molecule has 0 aliphatic carbocycles. The summed E-state index contributed by atoms with van der Waals surface area (Å²) in [6.07, 6.45) is 0.361. The molecule has 1 amide bonds. The van der Waals surface area contributed by atoms with Gasteiger partial charge in [-0.1, -0.05) is 27.7 Å². The van der Waals surface area contributed by atoms with Crippen LogP contribution in [0.5, 0.6) is 0 Å². The molecule has 3 heterocycles. The van der Waals surface area contributed by atoms with Gasteiger partial charge in [0.2, 0.25) is 11.9 Å². The Kier molecular flexibility index (Phi) is 5.99. The standard InChI is InChI=1S/C16H24N5O6P/c1-5-9-8(4)11(27-28(24)25)15(26-9)21-6-17-10-12(21)18-16(20-14(10)23)19-13(22)7(2)3/h6-9,11,15,28H,5H2,1-4H3,(H,24,25)(H2,18,19,20,22,23). The summed E-state index contributed by atoms with van der Waals surface area (Å²) in [5.41, 5.74) is -0.272. The van der Waals surface area contributed by atoms with Gasteiger partial charge in [0.05, 0.1) is 12.4 Å². The molecule has 0 bridgehead atoms. The first kappa shape index (κ1) is 20.7. The van der Waals surface area contributed by atoms with Gasteiger partial charge in [0.15, 0.2) is 17.4 Å². The van der Waals surface area contributed by atoms with Gasteiger partial charge in [0.25, 0.3) is 5.56 Å². The van der Waals surface area contributed by atoms with Crippen LogP contribution < -0.4 is 10.9 Å². The molecule has 3 rings (SSSR count). The number of hydrogen-bond donors (Lipinski definition) is 3. The van der Waals surface area contributed by atoms with Gasteiger partial charge in [0, 0.05) is 11.8 Å². The highest BCUT2D eigenvalue weighted by Crippen LogP contribution is 2.41. The van der Waals surface area contributed by atoms with E-state index in [1.165, 1.54) is 10.9 Å². The number of fused-ring (bicyclic) bond motifs is 1. The SMILES string of the molecule is CCC1OC(n2cnc3c(=O)[nH]c(NC(=O)C(C)C)nc32)C(O[PH](=O)O)C1C. The van der Waals surface area contributed by atoms with Gasteiger partial charge >= 0.3 is 8.25 Å². The number of nitrogens with zero attached hydrogens (tertiary/aromatic N) is 3. The zero-order chi connectivity index (χ0) is 20.6. The van der Waals surface area contributed by atoms with Crippen molar-refractivity contribution in [1.29, 1.82) is 0 Å². The predicted octanol–water partition coefficient (Wildman–Crippen LogP) is 1.42. The number of aromatic nitrogens is 4. The van der Waals surface area contributed by atoms with E-state index in [0.29, 0.717) is 6.42 Å². The van der Waals surface area contributed by atoms with Crippen LogP contribution in [0.4, 0.5) is 5.95 Å². The van der Waals surface area contributed by atoms with Gasteiger partial charge in [-0.15, -0.1) is 0 Å². The number of imidazole rings is 1. The molecule has 0 saturated carbocycles. The topological polar surface area (TPSA) is 148 Å². The molecule has 154 valence electrons. The van der Waals surface area contributed by atoms with Crippen LogP contribution >= 0.6 is 8.25 Å². The lowest BCUT2D eigenvalue weighted by Crippen LogP contribution is -2.26. The molecule has 1 aliphatic heterocycles. The van der Waals surface area contributed by atoms with Crippen LogP contribution in [0, 0.1) is 11.8 Å². The van der Waals surface area contributed by atoms with Crippen molar-refractivity contribution in [2.75, 3.05) is 5.32 Å². The Morgan fingerprint density at radius 2 is 2.25 bits per heavy atom. The highest BCUT2D eigenvalue weighted by Gasteiger charge is 2.44. The smallest absolute Gasteiger partial charge is 0.317 e. The van der Waals surface area contributed by atoms with Crippen LogP contribution in [-0.2, 0) is 18.6 Å². The lowest BCUT2D eigenvalue weighted by molar-refractivity contribution is -0.118. The maximum Gasteiger partial charge on any atom is 0.317 e. The van der Waals surface area contributed by atoms with E-state index in [4.69, 9.17) is 9.26 Å². The second-order valence-corrected chi connectivity index (χ2v) is 7.83. The van der Waals surface area contributed by atoms with Crippen molar-refractivity contribution in [1.82, 2.24) is 19.5 Å². The van der Waals surface area contributed by atoms with Crippen LogP contribution in [0.2, 0.25) is 0 Å². The number of amides is 1. The Labute approximate surface area is 161 Å². The number of H-pyrrole nitrogens is 1. The summed E-state index contributed by atoms with van der Waals surface area (Å²) in [5.74, 6) is -0.763. The van der Waals surface area contributed by atoms with Crippen molar-refractivity contribution in [3.8, 4) is 0 Å². The van der Waals surface area contributed by atoms with Crippen LogP contribution in [-0.4, -0.2) is 42.5 Å². The molecule has 12 heteroatoms. The third-order valence-corrected chi connectivity index (χ3v) is 5.29.